The fraction of sp³-hybridized carbons (Fsp3) is 0.273. The molecular formula is C11H11F3N2O2. The third-order valence-electron chi connectivity index (χ3n) is 2.13. The number of hydrogen-bond acceptors (Lipinski definition) is 2. The summed E-state index contributed by atoms with van der Waals surface area (Å²) in [6, 6.07) is 1.20. The van der Waals surface area contributed by atoms with Crippen LogP contribution in [0.4, 0.5) is 13.2 Å². The highest BCUT2D eigenvalue weighted by molar-refractivity contribution is 5.94. The third kappa shape index (κ3) is 3.76. The van der Waals surface area contributed by atoms with E-state index < -0.39 is 29.3 Å². The van der Waals surface area contributed by atoms with Crippen LogP contribution in [-0.2, 0) is 4.79 Å². The number of amides is 2. The van der Waals surface area contributed by atoms with Crippen molar-refractivity contribution < 1.29 is 22.8 Å². The lowest BCUT2D eigenvalue weighted by Crippen LogP contribution is -2.26. The second-order valence-electron chi connectivity index (χ2n) is 3.58. The maximum absolute atomic E-state index is 12.8. The number of nitrogens with one attached hydrogen (secondary N) is 1. The summed E-state index contributed by atoms with van der Waals surface area (Å²) in [5.41, 5.74) is 4.56. The van der Waals surface area contributed by atoms with E-state index in [-0.39, 0.29) is 18.5 Å². The largest absolute Gasteiger partial charge is 0.370 e. The van der Waals surface area contributed by atoms with Crippen molar-refractivity contribution in [2.45, 2.75) is 12.8 Å². The fourth-order valence-corrected chi connectivity index (χ4v) is 1.25. The van der Waals surface area contributed by atoms with Crippen molar-refractivity contribution >= 4 is 11.8 Å². The number of carbonyl (C=O) groups excluding carboxylic acids is 2. The summed E-state index contributed by atoms with van der Waals surface area (Å²) < 4.78 is 38.3. The molecule has 1 rings (SSSR count). The molecule has 0 aromatic heterocycles. The Kier molecular flexibility index (Phi) is 4.70. The lowest BCUT2D eigenvalue weighted by Gasteiger charge is -2.05. The lowest BCUT2D eigenvalue weighted by atomic mass is 10.2. The van der Waals surface area contributed by atoms with Crippen molar-refractivity contribution in [1.82, 2.24) is 5.32 Å². The van der Waals surface area contributed by atoms with Crippen molar-refractivity contribution in [1.29, 1.82) is 0 Å². The molecular weight excluding hydrogens is 249 g/mol. The topological polar surface area (TPSA) is 72.2 Å². The molecule has 0 aliphatic rings. The van der Waals surface area contributed by atoms with Crippen LogP contribution in [0.5, 0.6) is 0 Å². The van der Waals surface area contributed by atoms with Gasteiger partial charge in [-0.05, 0) is 18.6 Å². The highest BCUT2D eigenvalue weighted by atomic mass is 19.2. The lowest BCUT2D eigenvalue weighted by molar-refractivity contribution is -0.118. The van der Waals surface area contributed by atoms with Crippen LogP contribution in [0, 0.1) is 17.5 Å². The Morgan fingerprint density at radius 1 is 1.17 bits per heavy atom. The standard InChI is InChI=1S/C11H11F3N2O2/c12-7-4-6(5-8(13)10(7)14)11(18)16-3-1-2-9(15)17/h4-5H,1-3H2,(H2,15,17)(H,16,18). The van der Waals surface area contributed by atoms with Gasteiger partial charge in [0.15, 0.2) is 17.5 Å². The van der Waals surface area contributed by atoms with Gasteiger partial charge >= 0.3 is 0 Å². The highest BCUT2D eigenvalue weighted by Crippen LogP contribution is 2.13. The predicted octanol–water partition coefficient (Wildman–Crippen LogP) is 1.10. The minimum atomic E-state index is -1.62. The van der Waals surface area contributed by atoms with E-state index in [9.17, 15) is 22.8 Å². The Balaban J connectivity index is 2.59. The van der Waals surface area contributed by atoms with Crippen LogP contribution in [0.2, 0.25) is 0 Å². The number of carbonyl (C=O) groups is 2. The van der Waals surface area contributed by atoms with Gasteiger partial charge in [0.2, 0.25) is 5.91 Å². The Labute approximate surface area is 101 Å². The molecule has 0 saturated heterocycles. The molecule has 0 heterocycles. The van der Waals surface area contributed by atoms with Crippen molar-refractivity contribution in [3.63, 3.8) is 0 Å². The van der Waals surface area contributed by atoms with Crippen molar-refractivity contribution in [3.8, 4) is 0 Å². The normalized spacial score (nSPS) is 10.2. The minimum Gasteiger partial charge on any atom is -0.370 e. The molecule has 0 saturated carbocycles. The van der Waals surface area contributed by atoms with Crippen LogP contribution in [0.3, 0.4) is 0 Å². The van der Waals surface area contributed by atoms with Gasteiger partial charge in [0.1, 0.15) is 0 Å². The van der Waals surface area contributed by atoms with Gasteiger partial charge in [-0.2, -0.15) is 0 Å². The van der Waals surface area contributed by atoms with Gasteiger partial charge in [-0.25, -0.2) is 13.2 Å². The van der Waals surface area contributed by atoms with Gasteiger partial charge in [0, 0.05) is 18.5 Å². The van der Waals surface area contributed by atoms with Crippen LogP contribution < -0.4 is 11.1 Å². The maximum Gasteiger partial charge on any atom is 0.251 e. The Morgan fingerprint density at radius 2 is 1.72 bits per heavy atom. The molecule has 0 atom stereocenters. The van der Waals surface area contributed by atoms with E-state index >= 15 is 0 Å². The average Bonchev–Trinajstić information content (AvgIpc) is 2.30. The van der Waals surface area contributed by atoms with Gasteiger partial charge in [-0.3, -0.25) is 9.59 Å². The van der Waals surface area contributed by atoms with Gasteiger partial charge in [-0.1, -0.05) is 0 Å². The molecule has 0 aliphatic carbocycles. The summed E-state index contributed by atoms with van der Waals surface area (Å²) in [6.07, 6.45) is 0.402. The van der Waals surface area contributed by atoms with E-state index in [1.165, 1.54) is 0 Å². The molecule has 98 valence electrons. The number of rotatable bonds is 5. The molecule has 4 nitrogen and oxygen atoms in total. The number of hydrogen-bond donors (Lipinski definition) is 2. The highest BCUT2D eigenvalue weighted by Gasteiger charge is 2.14. The Hall–Kier alpha value is -2.05. The third-order valence-corrected chi connectivity index (χ3v) is 2.13. The first-order valence-electron chi connectivity index (χ1n) is 5.13. The van der Waals surface area contributed by atoms with Crippen molar-refractivity contribution in [2.75, 3.05) is 6.54 Å². The van der Waals surface area contributed by atoms with E-state index in [0.29, 0.717) is 18.6 Å². The number of halogens is 3. The summed E-state index contributed by atoms with van der Waals surface area (Å²) in [5.74, 6) is -5.75. The van der Waals surface area contributed by atoms with Crippen molar-refractivity contribution in [3.05, 3.63) is 35.1 Å². The number of nitrogens with two attached hydrogens (primary N) is 1. The van der Waals surface area contributed by atoms with Gasteiger partial charge in [0.25, 0.3) is 5.91 Å². The predicted molar refractivity (Wildman–Crippen MR) is 57.1 cm³/mol. The van der Waals surface area contributed by atoms with Crippen molar-refractivity contribution in [2.24, 2.45) is 5.73 Å². The second kappa shape index (κ2) is 6.04. The van der Waals surface area contributed by atoms with Gasteiger partial charge < -0.3 is 11.1 Å². The molecule has 0 bridgehead atoms. The molecule has 0 radical (unpaired) electrons. The van der Waals surface area contributed by atoms with E-state index in [4.69, 9.17) is 5.73 Å². The molecule has 1 aromatic rings. The summed E-state index contributed by atoms with van der Waals surface area (Å²) in [7, 11) is 0. The summed E-state index contributed by atoms with van der Waals surface area (Å²) in [4.78, 5) is 21.8. The monoisotopic (exact) mass is 260 g/mol. The van der Waals surface area contributed by atoms with Crippen LogP contribution in [0.15, 0.2) is 12.1 Å². The van der Waals surface area contributed by atoms with E-state index in [1.54, 1.807) is 0 Å². The minimum absolute atomic E-state index is 0.0897. The molecule has 0 aliphatic heterocycles. The van der Waals surface area contributed by atoms with E-state index in [0.717, 1.165) is 0 Å². The molecule has 1 aromatic carbocycles. The summed E-state index contributed by atoms with van der Waals surface area (Å²) >= 11 is 0. The van der Waals surface area contributed by atoms with Gasteiger partial charge in [-0.15, -0.1) is 0 Å². The quantitative estimate of drug-likeness (QED) is 0.614. The summed E-state index contributed by atoms with van der Waals surface area (Å²) in [5, 5.41) is 2.33. The zero-order valence-corrected chi connectivity index (χ0v) is 9.30. The van der Waals surface area contributed by atoms with Crippen LogP contribution in [-0.4, -0.2) is 18.4 Å². The fourth-order valence-electron chi connectivity index (χ4n) is 1.25. The SMILES string of the molecule is NC(=O)CCCNC(=O)c1cc(F)c(F)c(F)c1. The van der Waals surface area contributed by atoms with Crippen LogP contribution >= 0.6 is 0 Å². The zero-order valence-electron chi connectivity index (χ0n) is 9.30. The number of benzene rings is 1. The first kappa shape index (κ1) is 14.0. The van der Waals surface area contributed by atoms with E-state index in [1.807, 2.05) is 0 Å². The smallest absolute Gasteiger partial charge is 0.251 e. The van der Waals surface area contributed by atoms with Gasteiger partial charge in [0.05, 0.1) is 0 Å². The van der Waals surface area contributed by atoms with Crippen LogP contribution in [0.1, 0.15) is 23.2 Å². The molecule has 18 heavy (non-hydrogen) atoms. The Bertz CT molecular complexity index is 454. The van der Waals surface area contributed by atoms with E-state index in [2.05, 4.69) is 5.32 Å². The molecule has 0 fully saturated rings. The average molecular weight is 260 g/mol. The molecule has 0 spiro atoms. The molecule has 3 N–H and O–H groups in total. The summed E-state index contributed by atoms with van der Waals surface area (Å²) in [6.45, 7) is 0.127. The first-order valence-corrected chi connectivity index (χ1v) is 5.13. The Morgan fingerprint density at radius 3 is 2.22 bits per heavy atom. The van der Waals surface area contributed by atoms with Crippen LogP contribution in [0.25, 0.3) is 0 Å². The molecule has 0 unspecified atom stereocenters. The number of primary amides is 1. The maximum atomic E-state index is 12.8. The second-order valence-corrected chi connectivity index (χ2v) is 3.58. The molecule has 7 heteroatoms. The first-order chi connectivity index (χ1) is 8.41. The molecule has 2 amide bonds. The zero-order chi connectivity index (χ0) is 13.7.